The van der Waals surface area contributed by atoms with E-state index in [0.29, 0.717) is 29.3 Å². The lowest BCUT2D eigenvalue weighted by atomic mass is 9.84. The molecular formula is C24H30F3N5O. The first-order chi connectivity index (χ1) is 15.5. The predicted octanol–water partition coefficient (Wildman–Crippen LogP) is 6.61. The van der Waals surface area contributed by atoms with Gasteiger partial charge in [-0.1, -0.05) is 45.1 Å². The molecule has 3 aromatic rings. The number of hydrogen-bond donors (Lipinski definition) is 2. The molecule has 2 heterocycles. The van der Waals surface area contributed by atoms with E-state index >= 15 is 0 Å². The summed E-state index contributed by atoms with van der Waals surface area (Å²) in [5.41, 5.74) is 3.06. The number of aromatic nitrogens is 3. The second kappa shape index (κ2) is 8.83. The minimum absolute atomic E-state index is 0.317. The Kier molecular flexibility index (Phi) is 6.24. The summed E-state index contributed by atoms with van der Waals surface area (Å²) in [5.74, 6) is 0.317. The number of fused-ring (bicyclic) bond motifs is 1. The smallest absolute Gasteiger partial charge is 0.402 e. The fraction of sp³-hybridized carbons (Fsp3) is 0.542. The summed E-state index contributed by atoms with van der Waals surface area (Å²) < 4.78 is 44.1. The summed E-state index contributed by atoms with van der Waals surface area (Å²) in [5, 5.41) is 14.9. The van der Waals surface area contributed by atoms with Crippen molar-refractivity contribution in [2.24, 2.45) is 0 Å². The number of anilines is 2. The van der Waals surface area contributed by atoms with Gasteiger partial charge in [0.2, 0.25) is 0 Å². The third-order valence-electron chi connectivity index (χ3n) is 6.00. The zero-order valence-corrected chi connectivity index (χ0v) is 19.4. The molecule has 0 saturated heterocycles. The highest BCUT2D eigenvalue weighted by molar-refractivity contribution is 5.90. The van der Waals surface area contributed by atoms with Crippen LogP contribution >= 0.6 is 0 Å². The summed E-state index contributed by atoms with van der Waals surface area (Å²) in [4.78, 5) is 4.81. The Bertz CT molecular complexity index is 1130. The number of nitrogens with zero attached hydrogens (tertiary/aromatic N) is 3. The topological polar surface area (TPSA) is 75.9 Å². The van der Waals surface area contributed by atoms with Gasteiger partial charge in [0.05, 0.1) is 5.52 Å². The van der Waals surface area contributed by atoms with Crippen LogP contribution in [0.15, 0.2) is 22.6 Å². The molecule has 2 N–H and O–H groups in total. The second-order valence-corrected chi connectivity index (χ2v) is 9.85. The molecule has 0 unspecified atom stereocenters. The maximum Gasteiger partial charge on any atom is 0.405 e. The van der Waals surface area contributed by atoms with Gasteiger partial charge in [0.15, 0.2) is 0 Å². The molecular weight excluding hydrogens is 431 g/mol. The highest BCUT2D eigenvalue weighted by Crippen LogP contribution is 2.35. The summed E-state index contributed by atoms with van der Waals surface area (Å²) in [6, 6.07) is 6.02. The van der Waals surface area contributed by atoms with Crippen LogP contribution < -0.4 is 10.6 Å². The van der Waals surface area contributed by atoms with Gasteiger partial charge in [0.25, 0.3) is 5.89 Å². The van der Waals surface area contributed by atoms with E-state index < -0.39 is 12.7 Å². The normalized spacial score (nSPS) is 15.7. The lowest BCUT2D eigenvalue weighted by molar-refractivity contribution is -0.115. The van der Waals surface area contributed by atoms with Crippen molar-refractivity contribution in [1.82, 2.24) is 15.2 Å². The zero-order chi connectivity index (χ0) is 23.8. The van der Waals surface area contributed by atoms with Gasteiger partial charge in [-0.05, 0) is 54.5 Å². The zero-order valence-electron chi connectivity index (χ0n) is 19.4. The van der Waals surface area contributed by atoms with Gasteiger partial charge < -0.3 is 15.1 Å². The molecule has 178 valence electrons. The molecule has 9 heteroatoms. The Balaban J connectivity index is 1.70. The van der Waals surface area contributed by atoms with Gasteiger partial charge in [0, 0.05) is 17.1 Å². The number of benzene rings is 1. The first-order valence-electron chi connectivity index (χ1n) is 11.4. The van der Waals surface area contributed by atoms with Crippen LogP contribution in [-0.2, 0) is 5.41 Å². The van der Waals surface area contributed by atoms with Crippen LogP contribution in [0.1, 0.15) is 64.0 Å². The van der Waals surface area contributed by atoms with Crippen LogP contribution in [0.4, 0.5) is 24.9 Å². The monoisotopic (exact) mass is 461 g/mol. The number of aryl methyl sites for hydroxylation is 1. The van der Waals surface area contributed by atoms with Crippen molar-refractivity contribution in [3.63, 3.8) is 0 Å². The summed E-state index contributed by atoms with van der Waals surface area (Å²) in [6.07, 6.45) is 1.53. The van der Waals surface area contributed by atoms with Gasteiger partial charge in [-0.25, -0.2) is 4.98 Å². The molecule has 0 bridgehead atoms. The molecule has 4 rings (SSSR count). The Labute approximate surface area is 191 Å². The van der Waals surface area contributed by atoms with E-state index in [9.17, 15) is 13.2 Å². The maximum atomic E-state index is 12.8. The van der Waals surface area contributed by atoms with Crippen molar-refractivity contribution in [3.8, 4) is 11.6 Å². The largest absolute Gasteiger partial charge is 0.405 e. The maximum absolute atomic E-state index is 12.8. The number of hydrogen-bond acceptors (Lipinski definition) is 6. The van der Waals surface area contributed by atoms with Crippen LogP contribution in [0.5, 0.6) is 0 Å². The third-order valence-corrected chi connectivity index (χ3v) is 6.00. The summed E-state index contributed by atoms with van der Waals surface area (Å²) in [7, 11) is 0. The number of alkyl halides is 3. The number of halogens is 3. The molecule has 2 aromatic heterocycles. The van der Waals surface area contributed by atoms with Crippen LogP contribution in [0, 0.1) is 6.92 Å². The minimum atomic E-state index is -4.30. The van der Waals surface area contributed by atoms with Gasteiger partial charge in [0.1, 0.15) is 12.2 Å². The molecule has 0 spiro atoms. The molecule has 33 heavy (non-hydrogen) atoms. The van der Waals surface area contributed by atoms with E-state index in [1.807, 2.05) is 33.8 Å². The fourth-order valence-corrected chi connectivity index (χ4v) is 4.28. The molecule has 1 saturated carbocycles. The summed E-state index contributed by atoms with van der Waals surface area (Å²) >= 11 is 0. The van der Waals surface area contributed by atoms with Crippen molar-refractivity contribution in [2.75, 3.05) is 17.2 Å². The Morgan fingerprint density at radius 1 is 1.03 bits per heavy atom. The summed E-state index contributed by atoms with van der Waals surface area (Å²) in [6.45, 7) is 6.85. The van der Waals surface area contributed by atoms with E-state index in [4.69, 9.17) is 9.40 Å². The lowest BCUT2D eigenvalue weighted by Crippen LogP contribution is -2.22. The quantitative estimate of drug-likeness (QED) is 0.445. The van der Waals surface area contributed by atoms with Crippen molar-refractivity contribution >= 4 is 22.6 Å². The highest BCUT2D eigenvalue weighted by atomic mass is 19.4. The Morgan fingerprint density at radius 2 is 1.76 bits per heavy atom. The molecule has 0 aliphatic heterocycles. The molecule has 1 fully saturated rings. The van der Waals surface area contributed by atoms with Crippen LogP contribution in [-0.4, -0.2) is 33.9 Å². The van der Waals surface area contributed by atoms with E-state index in [0.717, 1.165) is 34.9 Å². The van der Waals surface area contributed by atoms with Crippen molar-refractivity contribution in [1.29, 1.82) is 0 Å². The second-order valence-electron chi connectivity index (χ2n) is 9.85. The average molecular weight is 462 g/mol. The number of rotatable bonds is 5. The fourth-order valence-electron chi connectivity index (χ4n) is 4.28. The van der Waals surface area contributed by atoms with E-state index in [-0.39, 0.29) is 5.41 Å². The molecule has 1 aliphatic rings. The molecule has 1 aromatic carbocycles. The first-order valence-corrected chi connectivity index (χ1v) is 11.4. The Morgan fingerprint density at radius 3 is 2.42 bits per heavy atom. The van der Waals surface area contributed by atoms with Crippen LogP contribution in [0.25, 0.3) is 22.5 Å². The Hall–Kier alpha value is -2.84. The molecule has 1 aliphatic carbocycles. The average Bonchev–Trinajstić information content (AvgIpc) is 3.20. The molecule has 0 radical (unpaired) electrons. The minimum Gasteiger partial charge on any atom is -0.402 e. The third kappa shape index (κ3) is 5.57. The van der Waals surface area contributed by atoms with Gasteiger partial charge in [-0.15, -0.1) is 5.10 Å². The van der Waals surface area contributed by atoms with Crippen molar-refractivity contribution in [2.45, 2.75) is 77.4 Å². The highest BCUT2D eigenvalue weighted by Gasteiger charge is 2.28. The van der Waals surface area contributed by atoms with Gasteiger partial charge in [-0.2, -0.15) is 13.2 Å². The van der Waals surface area contributed by atoms with Crippen molar-refractivity contribution < 1.29 is 17.6 Å². The number of nitrogens with one attached hydrogen (secondary N) is 2. The van der Waals surface area contributed by atoms with E-state index in [1.165, 1.54) is 19.3 Å². The van der Waals surface area contributed by atoms with Gasteiger partial charge in [-0.3, -0.25) is 0 Å². The van der Waals surface area contributed by atoms with E-state index in [1.54, 1.807) is 12.1 Å². The lowest BCUT2D eigenvalue weighted by Gasteiger charge is -2.23. The van der Waals surface area contributed by atoms with Crippen LogP contribution in [0.3, 0.4) is 0 Å². The first kappa shape index (κ1) is 23.3. The van der Waals surface area contributed by atoms with Gasteiger partial charge >= 0.3 is 12.2 Å². The molecule has 0 amide bonds. The molecule has 6 nitrogen and oxygen atoms in total. The van der Waals surface area contributed by atoms with Crippen molar-refractivity contribution in [3.05, 3.63) is 29.3 Å². The predicted molar refractivity (Wildman–Crippen MR) is 124 cm³/mol. The SMILES string of the molecule is Cc1cc(-c2nnc(NC3CCCCC3)o2)nc2c(C(C)(C)C)cc(NCC(F)(F)F)cc12. The number of pyridine rings is 1. The standard InChI is InChI=1S/C24H30F3N5O/c1-14-10-19(21-31-32-22(33-21)29-15-8-6-5-7-9-15)30-20-17(14)11-16(28-13-24(25,26)27)12-18(20)23(2,3)4/h10-12,15,28H,5-9,13H2,1-4H3,(H,29,32). The molecule has 0 atom stereocenters. The van der Waals surface area contributed by atoms with E-state index in [2.05, 4.69) is 20.8 Å². The van der Waals surface area contributed by atoms with Crippen LogP contribution in [0.2, 0.25) is 0 Å².